The van der Waals surface area contributed by atoms with E-state index in [2.05, 4.69) is 22.0 Å². The third-order valence-corrected chi connectivity index (χ3v) is 6.39. The van der Waals surface area contributed by atoms with E-state index in [1.54, 1.807) is 11.3 Å². The molecule has 0 unspecified atom stereocenters. The second-order valence-electron chi connectivity index (χ2n) is 6.03. The quantitative estimate of drug-likeness (QED) is 0.467. The van der Waals surface area contributed by atoms with Crippen LogP contribution in [0.4, 0.5) is 5.13 Å². The maximum atomic E-state index is 6.29. The minimum atomic E-state index is 0.772. The molecular formula is C18H13Cl2N3S. The van der Waals surface area contributed by atoms with E-state index in [0.29, 0.717) is 0 Å². The molecule has 0 radical (unpaired) electrons. The van der Waals surface area contributed by atoms with E-state index in [9.17, 15) is 0 Å². The topological polar surface area (TPSA) is 31.9 Å². The first kappa shape index (κ1) is 14.6. The van der Waals surface area contributed by atoms with Gasteiger partial charge in [0.1, 0.15) is 0 Å². The maximum Gasteiger partial charge on any atom is 0.186 e. The van der Waals surface area contributed by atoms with Gasteiger partial charge in [0.2, 0.25) is 0 Å². The number of halogens is 2. The molecule has 2 aromatic heterocycles. The highest BCUT2D eigenvalue weighted by Crippen LogP contribution is 2.37. The van der Waals surface area contributed by atoms with Crippen molar-refractivity contribution in [1.29, 1.82) is 0 Å². The number of nitrogens with zero attached hydrogens (tertiary/aromatic N) is 2. The first-order valence-electron chi connectivity index (χ1n) is 7.78. The van der Waals surface area contributed by atoms with Gasteiger partial charge in [0.15, 0.2) is 5.13 Å². The number of rotatable bonds is 1. The van der Waals surface area contributed by atoms with Gasteiger partial charge in [-0.05, 0) is 42.3 Å². The van der Waals surface area contributed by atoms with Crippen molar-refractivity contribution in [3.63, 3.8) is 0 Å². The van der Waals surface area contributed by atoms with Crippen LogP contribution < -0.4 is 4.90 Å². The van der Waals surface area contributed by atoms with Crippen molar-refractivity contribution < 1.29 is 0 Å². The highest BCUT2D eigenvalue weighted by molar-refractivity contribution is 7.22. The zero-order valence-corrected chi connectivity index (χ0v) is 15.0. The Labute approximate surface area is 152 Å². The Morgan fingerprint density at radius 1 is 1.17 bits per heavy atom. The highest BCUT2D eigenvalue weighted by atomic mass is 35.5. The molecule has 0 aliphatic carbocycles. The van der Waals surface area contributed by atoms with Crippen LogP contribution in [0.5, 0.6) is 0 Å². The average molecular weight is 374 g/mol. The number of hydrogen-bond donors (Lipinski definition) is 1. The Hall–Kier alpha value is -1.75. The molecule has 3 nitrogen and oxygen atoms in total. The molecule has 120 valence electrons. The van der Waals surface area contributed by atoms with Crippen molar-refractivity contribution in [3.8, 4) is 0 Å². The van der Waals surface area contributed by atoms with E-state index in [1.165, 1.54) is 16.6 Å². The number of nitrogens with one attached hydrogen (secondary N) is 1. The van der Waals surface area contributed by atoms with Crippen LogP contribution in [0.3, 0.4) is 0 Å². The van der Waals surface area contributed by atoms with Crippen molar-refractivity contribution in [2.24, 2.45) is 0 Å². The first-order chi connectivity index (χ1) is 11.7. The third kappa shape index (κ3) is 2.21. The Bertz CT molecular complexity index is 1080. The Kier molecular flexibility index (Phi) is 3.27. The lowest BCUT2D eigenvalue weighted by Gasteiger charge is -2.26. The summed E-state index contributed by atoms with van der Waals surface area (Å²) in [6.45, 7) is 1.78. The lowest BCUT2D eigenvalue weighted by molar-refractivity contribution is 0.722. The van der Waals surface area contributed by atoms with Gasteiger partial charge < -0.3 is 9.88 Å². The zero-order chi connectivity index (χ0) is 16.3. The fraction of sp³-hybridized carbons (Fsp3) is 0.167. The number of thiazole rings is 1. The van der Waals surface area contributed by atoms with E-state index < -0.39 is 0 Å². The van der Waals surface area contributed by atoms with Crippen molar-refractivity contribution in [2.75, 3.05) is 11.4 Å². The van der Waals surface area contributed by atoms with Gasteiger partial charge >= 0.3 is 0 Å². The summed E-state index contributed by atoms with van der Waals surface area (Å²) in [5.41, 5.74) is 4.75. The minimum Gasteiger partial charge on any atom is -0.357 e. The molecule has 1 aliphatic rings. The molecule has 1 aliphatic heterocycles. The van der Waals surface area contributed by atoms with Gasteiger partial charge in [0.05, 0.1) is 21.8 Å². The molecule has 0 spiro atoms. The van der Waals surface area contributed by atoms with Crippen LogP contribution in [-0.4, -0.2) is 16.5 Å². The van der Waals surface area contributed by atoms with Gasteiger partial charge in [0.25, 0.3) is 0 Å². The average Bonchev–Trinajstić information content (AvgIpc) is 3.16. The number of aromatic amines is 1. The predicted molar refractivity (Wildman–Crippen MR) is 103 cm³/mol. The largest absolute Gasteiger partial charge is 0.357 e. The molecule has 0 bridgehead atoms. The molecule has 24 heavy (non-hydrogen) atoms. The lowest BCUT2D eigenvalue weighted by atomic mass is 10.0. The van der Waals surface area contributed by atoms with E-state index in [-0.39, 0.29) is 0 Å². The standard InChI is InChI=1S/C18H13Cl2N3S/c19-10-4-5-14-12(8-10)11-6-7-23(9-16(11)21-14)18-22-15-3-1-2-13(20)17(15)24-18/h1-5,8,21H,6-7,9H2. The summed E-state index contributed by atoms with van der Waals surface area (Å²) in [6, 6.07) is 11.9. The Balaban J connectivity index is 1.55. The van der Waals surface area contributed by atoms with Crippen LogP contribution in [0, 0.1) is 0 Å². The number of H-pyrrole nitrogens is 1. The van der Waals surface area contributed by atoms with Crippen LogP contribution in [0.1, 0.15) is 11.3 Å². The monoisotopic (exact) mass is 373 g/mol. The normalized spacial score (nSPS) is 14.5. The van der Waals surface area contributed by atoms with E-state index in [0.717, 1.165) is 50.4 Å². The van der Waals surface area contributed by atoms with Crippen LogP contribution in [0.25, 0.3) is 21.1 Å². The van der Waals surface area contributed by atoms with Gasteiger partial charge in [-0.15, -0.1) is 0 Å². The molecule has 0 fully saturated rings. The molecule has 0 saturated heterocycles. The summed E-state index contributed by atoms with van der Waals surface area (Å²) < 4.78 is 1.06. The molecule has 6 heteroatoms. The van der Waals surface area contributed by atoms with Crippen LogP contribution in [-0.2, 0) is 13.0 Å². The Morgan fingerprint density at radius 2 is 2.08 bits per heavy atom. The summed E-state index contributed by atoms with van der Waals surface area (Å²) in [6.07, 6.45) is 0.985. The van der Waals surface area contributed by atoms with Crippen molar-refractivity contribution in [2.45, 2.75) is 13.0 Å². The van der Waals surface area contributed by atoms with E-state index >= 15 is 0 Å². The predicted octanol–water partition coefficient (Wildman–Crippen LogP) is 5.65. The van der Waals surface area contributed by atoms with E-state index in [4.69, 9.17) is 28.2 Å². The number of benzene rings is 2. The summed E-state index contributed by atoms with van der Waals surface area (Å²) in [4.78, 5) is 10.6. The molecule has 3 heterocycles. The second kappa shape index (κ2) is 5.38. The third-order valence-electron chi connectivity index (χ3n) is 4.56. The molecule has 0 amide bonds. The first-order valence-corrected chi connectivity index (χ1v) is 9.35. The number of anilines is 1. The lowest BCUT2D eigenvalue weighted by Crippen LogP contribution is -2.29. The number of hydrogen-bond acceptors (Lipinski definition) is 3. The SMILES string of the molecule is Clc1ccc2[nH]c3c(c2c1)CCN(c1nc2cccc(Cl)c2s1)C3. The molecule has 0 saturated carbocycles. The summed E-state index contributed by atoms with van der Waals surface area (Å²) in [5.74, 6) is 0. The smallest absolute Gasteiger partial charge is 0.186 e. The molecule has 0 atom stereocenters. The van der Waals surface area contributed by atoms with Gasteiger partial charge in [-0.2, -0.15) is 0 Å². The molecule has 2 aromatic carbocycles. The van der Waals surface area contributed by atoms with Gasteiger partial charge in [-0.25, -0.2) is 4.98 Å². The highest BCUT2D eigenvalue weighted by Gasteiger charge is 2.23. The van der Waals surface area contributed by atoms with Crippen molar-refractivity contribution in [1.82, 2.24) is 9.97 Å². The molecule has 1 N–H and O–H groups in total. The van der Waals surface area contributed by atoms with E-state index in [1.807, 2.05) is 24.3 Å². The van der Waals surface area contributed by atoms with Crippen LogP contribution in [0.15, 0.2) is 36.4 Å². The van der Waals surface area contributed by atoms with Gasteiger partial charge in [0, 0.05) is 28.2 Å². The second-order valence-corrected chi connectivity index (χ2v) is 7.85. The summed E-state index contributed by atoms with van der Waals surface area (Å²) in [5, 5.41) is 3.83. The molecule has 4 aromatic rings. The Morgan fingerprint density at radius 3 is 2.96 bits per heavy atom. The maximum absolute atomic E-state index is 6.29. The van der Waals surface area contributed by atoms with Crippen LogP contribution in [0.2, 0.25) is 10.0 Å². The zero-order valence-electron chi connectivity index (χ0n) is 12.6. The number of aromatic nitrogens is 2. The fourth-order valence-corrected chi connectivity index (χ4v) is 4.87. The summed E-state index contributed by atoms with van der Waals surface area (Å²) >= 11 is 14.1. The van der Waals surface area contributed by atoms with Crippen molar-refractivity contribution in [3.05, 3.63) is 57.7 Å². The fourth-order valence-electron chi connectivity index (χ4n) is 3.42. The number of fused-ring (bicyclic) bond motifs is 4. The minimum absolute atomic E-state index is 0.772. The summed E-state index contributed by atoms with van der Waals surface area (Å²) in [7, 11) is 0. The van der Waals surface area contributed by atoms with Crippen LogP contribution >= 0.6 is 34.5 Å². The molecular weight excluding hydrogens is 361 g/mol. The molecule has 5 rings (SSSR count). The van der Waals surface area contributed by atoms with Crippen molar-refractivity contribution >= 4 is 60.8 Å². The van der Waals surface area contributed by atoms with Gasteiger partial charge in [-0.1, -0.05) is 40.6 Å². The van der Waals surface area contributed by atoms with Gasteiger partial charge in [-0.3, -0.25) is 0 Å².